The second-order valence-corrected chi connectivity index (χ2v) is 6.05. The van der Waals surface area contributed by atoms with Gasteiger partial charge in [0.05, 0.1) is 11.1 Å². The van der Waals surface area contributed by atoms with Crippen molar-refractivity contribution in [2.75, 3.05) is 5.75 Å². The number of nitrogens with one attached hydrogen (secondary N) is 1. The lowest BCUT2D eigenvalue weighted by Crippen LogP contribution is -2.37. The lowest BCUT2D eigenvalue weighted by atomic mass is 9.82. The Morgan fingerprint density at radius 1 is 1.29 bits per heavy atom. The number of nitrogens with zero attached hydrogens (tertiary/aromatic N) is 2. The van der Waals surface area contributed by atoms with Gasteiger partial charge >= 0.3 is 16.9 Å². The second kappa shape index (κ2) is 6.46. The number of H-pyrrole nitrogens is 1. The molecular weight excluding hydrogens is 294 g/mol. The maximum atomic E-state index is 11.9. The van der Waals surface area contributed by atoms with Gasteiger partial charge < -0.3 is 0 Å². The molecule has 7 nitrogen and oxygen atoms in total. The minimum Gasteiger partial charge on any atom is -0.293 e. The summed E-state index contributed by atoms with van der Waals surface area (Å²) in [5, 5.41) is 10.8. The molecule has 0 spiro atoms. The first-order chi connectivity index (χ1) is 9.97. The fourth-order valence-electron chi connectivity index (χ4n) is 2.95. The van der Waals surface area contributed by atoms with E-state index in [0.29, 0.717) is 12.3 Å². The van der Waals surface area contributed by atoms with Crippen molar-refractivity contribution in [2.24, 2.45) is 5.41 Å². The molecule has 0 saturated heterocycles. The molecule has 1 aliphatic carbocycles. The average molecular weight is 313 g/mol. The highest BCUT2D eigenvalue weighted by atomic mass is 32.1. The van der Waals surface area contributed by atoms with Gasteiger partial charge in [0.2, 0.25) is 0 Å². The van der Waals surface area contributed by atoms with Crippen LogP contribution < -0.4 is 11.2 Å². The molecule has 1 aromatic rings. The maximum absolute atomic E-state index is 11.9. The van der Waals surface area contributed by atoms with Crippen LogP contribution in [0.2, 0.25) is 0 Å². The molecule has 0 bridgehead atoms. The zero-order valence-corrected chi connectivity index (χ0v) is 12.6. The van der Waals surface area contributed by atoms with Gasteiger partial charge in [-0.15, -0.1) is 0 Å². The van der Waals surface area contributed by atoms with Crippen molar-refractivity contribution in [1.82, 2.24) is 9.55 Å². The van der Waals surface area contributed by atoms with E-state index in [2.05, 4.69) is 12.6 Å². The van der Waals surface area contributed by atoms with Gasteiger partial charge in [0.15, 0.2) is 0 Å². The number of aromatic amines is 1. The van der Waals surface area contributed by atoms with Crippen molar-refractivity contribution in [2.45, 2.75) is 45.1 Å². The molecule has 1 heterocycles. The van der Waals surface area contributed by atoms with Crippen molar-refractivity contribution in [3.05, 3.63) is 37.1 Å². The lowest BCUT2D eigenvalue weighted by Gasteiger charge is -2.31. The van der Waals surface area contributed by atoms with Crippen LogP contribution in [0.1, 0.15) is 38.5 Å². The Balaban J connectivity index is 2.37. The smallest absolute Gasteiger partial charge is 0.293 e. The zero-order valence-electron chi connectivity index (χ0n) is 11.7. The van der Waals surface area contributed by atoms with E-state index in [0.717, 1.165) is 44.7 Å². The standard InChI is InChI=1S/C13H19N3O4S/c17-11-10(16(19)20)7-15(12(18)14-11)8-13(9-21)5-3-1-2-4-6-13/h7,21H,1-6,8-9H2,(H,14,17,18). The number of aromatic nitrogens is 2. The van der Waals surface area contributed by atoms with Crippen molar-refractivity contribution >= 4 is 18.3 Å². The van der Waals surface area contributed by atoms with Gasteiger partial charge in [-0.25, -0.2) is 4.79 Å². The molecule has 0 atom stereocenters. The van der Waals surface area contributed by atoms with E-state index >= 15 is 0 Å². The maximum Gasteiger partial charge on any atom is 0.350 e. The summed E-state index contributed by atoms with van der Waals surface area (Å²) >= 11 is 4.43. The summed E-state index contributed by atoms with van der Waals surface area (Å²) in [4.78, 5) is 35.4. The summed E-state index contributed by atoms with van der Waals surface area (Å²) < 4.78 is 1.25. The number of nitro groups is 1. The van der Waals surface area contributed by atoms with Crippen LogP contribution in [0, 0.1) is 15.5 Å². The Hall–Kier alpha value is -1.57. The van der Waals surface area contributed by atoms with Crippen LogP contribution in [0.3, 0.4) is 0 Å². The molecular formula is C13H19N3O4S. The SMILES string of the molecule is O=c1[nH]c(=O)n(CC2(CS)CCCCCC2)cc1[N+](=O)[O-]. The van der Waals surface area contributed by atoms with Crippen LogP contribution in [0.25, 0.3) is 0 Å². The highest BCUT2D eigenvalue weighted by Gasteiger charge is 2.31. The molecule has 0 amide bonds. The van der Waals surface area contributed by atoms with Crippen molar-refractivity contribution in [3.8, 4) is 0 Å². The quantitative estimate of drug-likeness (QED) is 0.383. The van der Waals surface area contributed by atoms with Gasteiger partial charge in [0, 0.05) is 6.54 Å². The second-order valence-electron chi connectivity index (χ2n) is 5.73. The van der Waals surface area contributed by atoms with Crippen LogP contribution in [0.15, 0.2) is 15.8 Å². The highest BCUT2D eigenvalue weighted by Crippen LogP contribution is 2.37. The van der Waals surface area contributed by atoms with Crippen LogP contribution >= 0.6 is 12.6 Å². The van der Waals surface area contributed by atoms with E-state index < -0.39 is 21.9 Å². The summed E-state index contributed by atoms with van der Waals surface area (Å²) in [7, 11) is 0. The van der Waals surface area contributed by atoms with E-state index in [1.807, 2.05) is 4.98 Å². The molecule has 8 heteroatoms. The normalized spacial score (nSPS) is 18.1. The predicted molar refractivity (Wildman–Crippen MR) is 82.0 cm³/mol. The van der Waals surface area contributed by atoms with Gasteiger partial charge in [-0.3, -0.25) is 24.5 Å². The first kappa shape index (κ1) is 15.8. The van der Waals surface area contributed by atoms with Crippen LogP contribution in [-0.4, -0.2) is 20.2 Å². The monoisotopic (exact) mass is 313 g/mol. The Labute approximate surface area is 126 Å². The summed E-state index contributed by atoms with van der Waals surface area (Å²) in [6.07, 6.45) is 7.40. The van der Waals surface area contributed by atoms with Gasteiger partial charge in [0.25, 0.3) is 0 Å². The first-order valence-corrected chi connectivity index (χ1v) is 7.70. The molecule has 21 heavy (non-hydrogen) atoms. The summed E-state index contributed by atoms with van der Waals surface area (Å²) in [5.74, 6) is 0.617. The third kappa shape index (κ3) is 3.55. The molecule has 1 saturated carbocycles. The number of hydrogen-bond donors (Lipinski definition) is 2. The van der Waals surface area contributed by atoms with Gasteiger partial charge in [-0.1, -0.05) is 25.7 Å². The third-order valence-corrected chi connectivity index (χ3v) is 4.86. The van der Waals surface area contributed by atoms with E-state index in [4.69, 9.17) is 0 Å². The molecule has 116 valence electrons. The van der Waals surface area contributed by atoms with E-state index in [-0.39, 0.29) is 5.41 Å². The largest absolute Gasteiger partial charge is 0.350 e. The Morgan fingerprint density at radius 2 is 1.90 bits per heavy atom. The topological polar surface area (TPSA) is 98.0 Å². The minimum absolute atomic E-state index is 0.143. The summed E-state index contributed by atoms with van der Waals surface area (Å²) in [6, 6.07) is 0. The first-order valence-electron chi connectivity index (χ1n) is 7.06. The minimum atomic E-state index is -0.956. The number of hydrogen-bond acceptors (Lipinski definition) is 5. The van der Waals surface area contributed by atoms with E-state index in [1.165, 1.54) is 4.57 Å². The molecule has 2 rings (SSSR count). The van der Waals surface area contributed by atoms with Crippen LogP contribution in [-0.2, 0) is 6.54 Å². The highest BCUT2D eigenvalue weighted by molar-refractivity contribution is 7.80. The molecule has 0 aliphatic heterocycles. The van der Waals surface area contributed by atoms with Crippen LogP contribution in [0.5, 0.6) is 0 Å². The van der Waals surface area contributed by atoms with Crippen molar-refractivity contribution in [3.63, 3.8) is 0 Å². The van der Waals surface area contributed by atoms with Gasteiger partial charge in [-0.2, -0.15) is 12.6 Å². The molecule has 0 radical (unpaired) electrons. The van der Waals surface area contributed by atoms with E-state index in [9.17, 15) is 19.7 Å². The zero-order chi connectivity index (χ0) is 15.5. The van der Waals surface area contributed by atoms with Crippen molar-refractivity contribution in [1.29, 1.82) is 0 Å². The van der Waals surface area contributed by atoms with E-state index in [1.54, 1.807) is 0 Å². The molecule has 0 aromatic carbocycles. The number of rotatable bonds is 4. The molecule has 1 fully saturated rings. The Kier molecular flexibility index (Phi) is 4.87. The number of thiol groups is 1. The fraction of sp³-hybridized carbons (Fsp3) is 0.692. The lowest BCUT2D eigenvalue weighted by molar-refractivity contribution is -0.386. The van der Waals surface area contributed by atoms with Gasteiger partial charge in [0.1, 0.15) is 0 Å². The molecule has 1 aromatic heterocycles. The summed E-state index contributed by atoms with van der Waals surface area (Å²) in [6.45, 7) is 0.354. The Bertz CT molecular complexity index is 629. The van der Waals surface area contributed by atoms with Crippen LogP contribution in [0.4, 0.5) is 5.69 Å². The third-order valence-electron chi connectivity index (χ3n) is 4.19. The van der Waals surface area contributed by atoms with Crippen molar-refractivity contribution < 1.29 is 4.92 Å². The Morgan fingerprint density at radius 3 is 2.43 bits per heavy atom. The molecule has 1 aliphatic rings. The average Bonchev–Trinajstić information content (AvgIpc) is 2.67. The molecule has 1 N–H and O–H groups in total. The fourth-order valence-corrected chi connectivity index (χ4v) is 3.37. The molecule has 0 unspecified atom stereocenters. The summed E-state index contributed by atoms with van der Waals surface area (Å²) in [5.41, 5.74) is -2.30. The van der Waals surface area contributed by atoms with Gasteiger partial charge in [-0.05, 0) is 24.0 Å². The predicted octanol–water partition coefficient (Wildman–Crippen LogP) is 1.72.